The van der Waals surface area contributed by atoms with Crippen LogP contribution in [-0.4, -0.2) is 49.1 Å². The SMILES string of the molecule is C1CCC2C3NC(CC4NC(NC5NC(NC6NC(N3)C3CCCCC63)C3CCCCC53)C3CCCCC43)C2C1. The van der Waals surface area contributed by atoms with Crippen LogP contribution in [0, 0.1) is 47.3 Å². The van der Waals surface area contributed by atoms with E-state index in [1.807, 2.05) is 0 Å². The van der Waals surface area contributed by atoms with E-state index in [4.69, 9.17) is 0 Å². The van der Waals surface area contributed by atoms with Crippen LogP contribution in [0.2, 0.25) is 0 Å². The summed E-state index contributed by atoms with van der Waals surface area (Å²) < 4.78 is 0. The number of hydrogen-bond acceptors (Lipinski definition) is 7. The van der Waals surface area contributed by atoms with E-state index in [2.05, 4.69) is 37.2 Å². The first-order valence-electron chi connectivity index (χ1n) is 18.1. The molecule has 5 saturated heterocycles. The van der Waals surface area contributed by atoms with Crippen LogP contribution in [0.4, 0.5) is 0 Å². The number of rotatable bonds is 0. The fourth-order valence-electron chi connectivity index (χ4n) is 12.4. The van der Waals surface area contributed by atoms with Gasteiger partial charge in [0, 0.05) is 12.1 Å². The summed E-state index contributed by atoms with van der Waals surface area (Å²) in [4.78, 5) is 0. The monoisotopic (exact) mass is 551 g/mol. The molecule has 5 aliphatic heterocycles. The first kappa shape index (κ1) is 26.2. The van der Waals surface area contributed by atoms with Gasteiger partial charge in [-0.3, -0.25) is 37.2 Å². The summed E-state index contributed by atoms with van der Waals surface area (Å²) in [5.74, 6) is 6.39. The molecule has 4 aliphatic carbocycles. The van der Waals surface area contributed by atoms with Crippen LogP contribution < -0.4 is 37.2 Å². The molecule has 4 saturated carbocycles. The molecule has 8 bridgehead atoms. The van der Waals surface area contributed by atoms with Crippen molar-refractivity contribution in [2.45, 2.75) is 158 Å². The average molecular weight is 552 g/mol. The summed E-state index contributed by atoms with van der Waals surface area (Å²) in [5, 5.41) is 29.9. The standard InChI is InChI=1S/C33H57N7/c1-3-11-20-18(9-1)26-17-27-19-10-2-4-12-21(19)29(35-27)37-31-23-14-6-8-16-25(23)33(39-31)40-32-24-15-7-5-13-22(24)30(38-32)36-28(20)34-26/h18-40H,1-17H2. The van der Waals surface area contributed by atoms with Gasteiger partial charge < -0.3 is 0 Å². The van der Waals surface area contributed by atoms with Gasteiger partial charge in [0.15, 0.2) is 0 Å². The van der Waals surface area contributed by atoms with Crippen molar-refractivity contribution >= 4 is 0 Å². The first-order valence-corrected chi connectivity index (χ1v) is 18.1. The van der Waals surface area contributed by atoms with Gasteiger partial charge in [0.25, 0.3) is 0 Å². The smallest absolute Gasteiger partial charge is 0.0628 e. The molecule has 7 heteroatoms. The summed E-state index contributed by atoms with van der Waals surface area (Å²) in [6, 6.07) is 1.34. The maximum Gasteiger partial charge on any atom is 0.0628 e. The van der Waals surface area contributed by atoms with Gasteiger partial charge in [-0.1, -0.05) is 51.4 Å². The van der Waals surface area contributed by atoms with Gasteiger partial charge in [0.05, 0.1) is 37.0 Å². The minimum Gasteiger partial charge on any atom is -0.298 e. The Morgan fingerprint density at radius 3 is 0.775 bits per heavy atom. The molecule has 16 atom stereocenters. The molecular formula is C33H57N7. The molecule has 0 aromatic heterocycles. The predicted octanol–water partition coefficient (Wildman–Crippen LogP) is 3.49. The van der Waals surface area contributed by atoms with Crippen molar-refractivity contribution < 1.29 is 0 Å². The second-order valence-electron chi connectivity index (χ2n) is 15.9. The van der Waals surface area contributed by atoms with E-state index in [0.717, 1.165) is 47.3 Å². The summed E-state index contributed by atoms with van der Waals surface area (Å²) >= 11 is 0. The number of hydrogen-bond donors (Lipinski definition) is 7. The predicted molar refractivity (Wildman–Crippen MR) is 159 cm³/mol. The fraction of sp³-hybridized carbons (Fsp3) is 1.00. The Hall–Kier alpha value is -0.280. The van der Waals surface area contributed by atoms with Crippen LogP contribution in [0.15, 0.2) is 0 Å². The third-order valence-corrected chi connectivity index (χ3v) is 14.2. The average Bonchev–Trinajstić information content (AvgIpc) is 3.73. The largest absolute Gasteiger partial charge is 0.298 e. The summed E-state index contributed by atoms with van der Waals surface area (Å²) in [6.07, 6.45) is 26.7. The van der Waals surface area contributed by atoms with Crippen LogP contribution in [0.1, 0.15) is 109 Å². The minimum atomic E-state index is 0.436. The molecule has 224 valence electrons. The Bertz CT molecular complexity index is 707. The van der Waals surface area contributed by atoms with E-state index < -0.39 is 0 Å². The van der Waals surface area contributed by atoms with Crippen molar-refractivity contribution in [3.63, 3.8) is 0 Å². The van der Waals surface area contributed by atoms with E-state index in [0.29, 0.717) is 49.1 Å². The van der Waals surface area contributed by atoms with Gasteiger partial charge in [-0.05, 0) is 105 Å². The van der Waals surface area contributed by atoms with Crippen molar-refractivity contribution in [2.75, 3.05) is 0 Å². The highest BCUT2D eigenvalue weighted by Gasteiger charge is 2.54. The first-order chi connectivity index (χ1) is 19.8. The highest BCUT2D eigenvalue weighted by atomic mass is 15.4. The van der Waals surface area contributed by atoms with E-state index in [1.54, 1.807) is 0 Å². The molecule has 9 fully saturated rings. The Balaban J connectivity index is 1.05. The molecule has 0 radical (unpaired) electrons. The van der Waals surface area contributed by atoms with E-state index in [1.165, 1.54) is 109 Å². The zero-order valence-corrected chi connectivity index (χ0v) is 24.8. The van der Waals surface area contributed by atoms with Crippen molar-refractivity contribution in [1.82, 2.24) is 37.2 Å². The van der Waals surface area contributed by atoms with Crippen molar-refractivity contribution in [1.29, 1.82) is 0 Å². The maximum atomic E-state index is 4.30. The van der Waals surface area contributed by atoms with E-state index in [9.17, 15) is 0 Å². The molecule has 9 rings (SSSR count). The van der Waals surface area contributed by atoms with Crippen LogP contribution in [-0.2, 0) is 0 Å². The van der Waals surface area contributed by atoms with Crippen LogP contribution in [0.5, 0.6) is 0 Å². The van der Waals surface area contributed by atoms with Crippen molar-refractivity contribution in [2.24, 2.45) is 47.3 Å². The second kappa shape index (κ2) is 10.7. The highest BCUT2D eigenvalue weighted by molar-refractivity contribution is 5.09. The lowest BCUT2D eigenvalue weighted by molar-refractivity contribution is 0.171. The lowest BCUT2D eigenvalue weighted by Crippen LogP contribution is -2.60. The lowest BCUT2D eigenvalue weighted by atomic mass is 9.73. The summed E-state index contributed by atoms with van der Waals surface area (Å²) in [6.45, 7) is 0. The molecule has 9 aliphatic rings. The zero-order chi connectivity index (χ0) is 26.2. The summed E-state index contributed by atoms with van der Waals surface area (Å²) in [7, 11) is 0. The molecule has 0 amide bonds. The van der Waals surface area contributed by atoms with Crippen molar-refractivity contribution in [3.8, 4) is 0 Å². The van der Waals surface area contributed by atoms with Gasteiger partial charge in [-0.2, -0.15) is 0 Å². The molecule has 0 aromatic carbocycles. The molecule has 0 aromatic rings. The molecule has 40 heavy (non-hydrogen) atoms. The van der Waals surface area contributed by atoms with Crippen molar-refractivity contribution in [3.05, 3.63) is 0 Å². The van der Waals surface area contributed by atoms with Gasteiger partial charge >= 0.3 is 0 Å². The maximum absolute atomic E-state index is 4.30. The van der Waals surface area contributed by atoms with Crippen LogP contribution in [0.3, 0.4) is 0 Å². The molecule has 7 nitrogen and oxygen atoms in total. The Morgan fingerprint density at radius 2 is 0.475 bits per heavy atom. The van der Waals surface area contributed by atoms with Gasteiger partial charge in [-0.15, -0.1) is 0 Å². The van der Waals surface area contributed by atoms with Gasteiger partial charge in [-0.25, -0.2) is 0 Å². The number of nitrogens with one attached hydrogen (secondary N) is 7. The number of fused-ring (bicyclic) bond motifs is 20. The molecule has 16 unspecified atom stereocenters. The molecular weight excluding hydrogens is 494 g/mol. The Morgan fingerprint density at radius 1 is 0.250 bits per heavy atom. The third kappa shape index (κ3) is 4.38. The Labute approximate surface area is 242 Å². The summed E-state index contributed by atoms with van der Waals surface area (Å²) in [5.41, 5.74) is 0. The van der Waals surface area contributed by atoms with Crippen LogP contribution in [0.25, 0.3) is 0 Å². The molecule has 7 N–H and O–H groups in total. The molecule has 0 spiro atoms. The molecule has 5 heterocycles. The Kier molecular flexibility index (Phi) is 7.00. The van der Waals surface area contributed by atoms with Gasteiger partial charge in [0.1, 0.15) is 0 Å². The third-order valence-electron chi connectivity index (χ3n) is 14.2. The van der Waals surface area contributed by atoms with E-state index in [-0.39, 0.29) is 0 Å². The highest BCUT2D eigenvalue weighted by Crippen LogP contribution is 2.47. The quantitative estimate of drug-likeness (QED) is 0.248. The van der Waals surface area contributed by atoms with Gasteiger partial charge in [0.2, 0.25) is 0 Å². The lowest BCUT2D eigenvalue weighted by Gasteiger charge is -2.35. The second-order valence-corrected chi connectivity index (χ2v) is 15.9. The van der Waals surface area contributed by atoms with Crippen LogP contribution >= 0.6 is 0 Å². The topological polar surface area (TPSA) is 84.2 Å². The minimum absolute atomic E-state index is 0.436. The normalized spacial score (nSPS) is 57.6. The fourth-order valence-corrected chi connectivity index (χ4v) is 12.4. The van der Waals surface area contributed by atoms with E-state index >= 15 is 0 Å². The zero-order valence-electron chi connectivity index (χ0n) is 24.8.